The van der Waals surface area contributed by atoms with Crippen LogP contribution in [-0.2, 0) is 12.4 Å². The topological polar surface area (TPSA) is 36.4 Å². The Hall–Kier alpha value is -0.940. The van der Waals surface area contributed by atoms with Crippen molar-refractivity contribution in [3.8, 4) is 0 Å². The predicted octanol–water partition coefficient (Wildman–Crippen LogP) is 3.83. The number of hydrogen-bond acceptors (Lipinski definition) is 4. The van der Waals surface area contributed by atoms with Crippen molar-refractivity contribution in [1.29, 1.82) is 0 Å². The van der Waals surface area contributed by atoms with Crippen LogP contribution in [0.25, 0.3) is 0 Å². The van der Waals surface area contributed by atoms with Gasteiger partial charge in [0.1, 0.15) is 5.01 Å². The van der Waals surface area contributed by atoms with Crippen LogP contribution in [0.4, 0.5) is 0 Å². The van der Waals surface area contributed by atoms with Crippen molar-refractivity contribution in [2.45, 2.75) is 31.8 Å². The highest BCUT2D eigenvalue weighted by atomic mass is 35.5. The summed E-state index contributed by atoms with van der Waals surface area (Å²) in [6.45, 7) is 3.76. The molecule has 114 valence electrons. The van der Waals surface area contributed by atoms with Gasteiger partial charge in [-0.2, -0.15) is 0 Å². The Morgan fingerprint density at radius 2 is 2.10 bits per heavy atom. The second-order valence-electron chi connectivity index (χ2n) is 4.91. The van der Waals surface area contributed by atoms with Gasteiger partial charge >= 0.3 is 0 Å². The van der Waals surface area contributed by atoms with Gasteiger partial charge in [0, 0.05) is 18.5 Å². The zero-order valence-corrected chi connectivity index (χ0v) is 13.8. The number of benzene rings is 1. The first-order valence-electron chi connectivity index (χ1n) is 7.17. The third kappa shape index (κ3) is 4.51. The molecule has 3 nitrogen and oxygen atoms in total. The van der Waals surface area contributed by atoms with E-state index in [1.807, 2.05) is 23.6 Å². The van der Waals surface area contributed by atoms with Gasteiger partial charge in [-0.1, -0.05) is 37.3 Å². The molecule has 0 radical (unpaired) electrons. The minimum atomic E-state index is 0.150. The number of halogens is 1. The van der Waals surface area contributed by atoms with Crippen LogP contribution in [-0.4, -0.2) is 28.1 Å². The number of aliphatic hydroxyl groups is 1. The van der Waals surface area contributed by atoms with E-state index in [2.05, 4.69) is 28.9 Å². The summed E-state index contributed by atoms with van der Waals surface area (Å²) >= 11 is 7.50. The molecule has 21 heavy (non-hydrogen) atoms. The number of alkyl halides is 1. The summed E-state index contributed by atoms with van der Waals surface area (Å²) in [6.07, 6.45) is 0.960. The van der Waals surface area contributed by atoms with Gasteiger partial charge in [-0.3, -0.25) is 4.90 Å². The van der Waals surface area contributed by atoms with Gasteiger partial charge in [0.15, 0.2) is 0 Å². The third-order valence-corrected chi connectivity index (χ3v) is 4.70. The fraction of sp³-hybridized carbons (Fsp3) is 0.438. The summed E-state index contributed by atoms with van der Waals surface area (Å²) in [4.78, 5) is 6.89. The molecule has 0 saturated heterocycles. The molecule has 0 amide bonds. The van der Waals surface area contributed by atoms with Crippen molar-refractivity contribution < 1.29 is 5.11 Å². The maximum atomic E-state index is 9.38. The zero-order chi connectivity index (χ0) is 15.1. The second kappa shape index (κ2) is 8.49. The molecule has 1 aromatic heterocycles. The molecule has 0 aliphatic heterocycles. The molecule has 2 rings (SSSR count). The number of rotatable bonds is 8. The van der Waals surface area contributed by atoms with Crippen molar-refractivity contribution >= 4 is 22.9 Å². The van der Waals surface area contributed by atoms with Crippen molar-refractivity contribution in [2.24, 2.45) is 0 Å². The molecule has 1 aromatic carbocycles. The SMILES string of the molecule is CCC(c1nc(CCl)cs1)N(CCO)Cc1ccccc1. The van der Waals surface area contributed by atoms with Crippen molar-refractivity contribution in [3.05, 3.63) is 52.0 Å². The fourth-order valence-electron chi connectivity index (χ4n) is 2.42. The van der Waals surface area contributed by atoms with Gasteiger partial charge in [0.25, 0.3) is 0 Å². The highest BCUT2D eigenvalue weighted by Gasteiger charge is 2.21. The normalized spacial score (nSPS) is 12.8. The smallest absolute Gasteiger partial charge is 0.110 e. The standard InChI is InChI=1S/C16H21ClN2OS/c1-2-15(16-18-14(10-17)12-21-16)19(8-9-20)11-13-6-4-3-5-7-13/h3-7,12,15,20H,2,8-11H2,1H3. The minimum Gasteiger partial charge on any atom is -0.395 e. The summed E-state index contributed by atoms with van der Waals surface area (Å²) in [7, 11) is 0. The van der Waals surface area contributed by atoms with E-state index >= 15 is 0 Å². The molecule has 1 atom stereocenters. The lowest BCUT2D eigenvalue weighted by Crippen LogP contribution is -2.30. The Balaban J connectivity index is 2.17. The minimum absolute atomic E-state index is 0.150. The second-order valence-corrected chi connectivity index (χ2v) is 6.07. The van der Waals surface area contributed by atoms with E-state index in [9.17, 15) is 5.11 Å². The van der Waals surface area contributed by atoms with E-state index in [1.54, 1.807) is 11.3 Å². The number of thiazole rings is 1. The number of hydrogen-bond donors (Lipinski definition) is 1. The molecular weight excluding hydrogens is 304 g/mol. The quantitative estimate of drug-likeness (QED) is 0.750. The molecule has 2 aromatic rings. The number of nitrogens with zero attached hydrogens (tertiary/aromatic N) is 2. The van der Waals surface area contributed by atoms with Crippen molar-refractivity contribution in [3.63, 3.8) is 0 Å². The van der Waals surface area contributed by atoms with Crippen LogP contribution in [0.1, 0.15) is 35.7 Å². The van der Waals surface area contributed by atoms with Crippen LogP contribution >= 0.6 is 22.9 Å². The van der Waals surface area contributed by atoms with Crippen LogP contribution in [0.15, 0.2) is 35.7 Å². The molecule has 0 aliphatic carbocycles. The maximum absolute atomic E-state index is 9.38. The average Bonchev–Trinajstić information content (AvgIpc) is 2.98. The molecule has 0 spiro atoms. The Morgan fingerprint density at radius 1 is 1.33 bits per heavy atom. The van der Waals surface area contributed by atoms with Crippen LogP contribution in [0.5, 0.6) is 0 Å². The van der Waals surface area contributed by atoms with Gasteiger partial charge in [-0.15, -0.1) is 22.9 Å². The monoisotopic (exact) mass is 324 g/mol. The van der Waals surface area contributed by atoms with E-state index in [1.165, 1.54) is 5.56 Å². The molecule has 0 saturated carbocycles. The zero-order valence-electron chi connectivity index (χ0n) is 12.2. The van der Waals surface area contributed by atoms with Gasteiger partial charge < -0.3 is 5.11 Å². The van der Waals surface area contributed by atoms with Crippen molar-refractivity contribution in [1.82, 2.24) is 9.88 Å². The van der Waals surface area contributed by atoms with Crippen LogP contribution in [0.3, 0.4) is 0 Å². The molecule has 1 N–H and O–H groups in total. The van der Waals surface area contributed by atoms with Gasteiger partial charge in [0.2, 0.25) is 0 Å². The first kappa shape index (κ1) is 16.4. The Labute approximate surface area is 135 Å². The summed E-state index contributed by atoms with van der Waals surface area (Å²) in [6, 6.07) is 10.6. The summed E-state index contributed by atoms with van der Waals surface area (Å²) in [5, 5.41) is 12.5. The average molecular weight is 325 g/mol. The Morgan fingerprint density at radius 3 is 2.67 bits per heavy atom. The van der Waals surface area contributed by atoms with E-state index in [0.29, 0.717) is 12.4 Å². The summed E-state index contributed by atoms with van der Waals surface area (Å²) in [5.41, 5.74) is 2.18. The molecule has 1 heterocycles. The first-order chi connectivity index (χ1) is 10.3. The molecular formula is C16H21ClN2OS. The van der Waals surface area contributed by atoms with E-state index < -0.39 is 0 Å². The number of aromatic nitrogens is 1. The fourth-order valence-corrected chi connectivity index (χ4v) is 3.68. The number of aliphatic hydroxyl groups excluding tert-OH is 1. The molecule has 0 aliphatic rings. The first-order valence-corrected chi connectivity index (χ1v) is 8.59. The lowest BCUT2D eigenvalue weighted by molar-refractivity contribution is 0.139. The lowest BCUT2D eigenvalue weighted by Gasteiger charge is -2.29. The Kier molecular flexibility index (Phi) is 6.64. The third-order valence-electron chi connectivity index (χ3n) is 3.43. The molecule has 5 heteroatoms. The van der Waals surface area contributed by atoms with E-state index in [-0.39, 0.29) is 12.6 Å². The van der Waals surface area contributed by atoms with Crippen LogP contribution in [0, 0.1) is 0 Å². The molecule has 0 fully saturated rings. The van der Waals surface area contributed by atoms with Crippen LogP contribution in [0.2, 0.25) is 0 Å². The van der Waals surface area contributed by atoms with Gasteiger partial charge in [0.05, 0.1) is 24.2 Å². The highest BCUT2D eigenvalue weighted by Crippen LogP contribution is 2.28. The summed E-state index contributed by atoms with van der Waals surface area (Å²) < 4.78 is 0. The van der Waals surface area contributed by atoms with Gasteiger partial charge in [-0.25, -0.2) is 4.98 Å². The maximum Gasteiger partial charge on any atom is 0.110 e. The largest absolute Gasteiger partial charge is 0.395 e. The van der Waals surface area contributed by atoms with E-state index in [0.717, 1.165) is 23.7 Å². The van der Waals surface area contributed by atoms with Gasteiger partial charge in [-0.05, 0) is 12.0 Å². The van der Waals surface area contributed by atoms with Crippen molar-refractivity contribution in [2.75, 3.05) is 13.2 Å². The summed E-state index contributed by atoms with van der Waals surface area (Å²) in [5.74, 6) is 0.450. The highest BCUT2D eigenvalue weighted by molar-refractivity contribution is 7.09. The predicted molar refractivity (Wildman–Crippen MR) is 88.6 cm³/mol. The van der Waals surface area contributed by atoms with Crippen LogP contribution < -0.4 is 0 Å². The lowest BCUT2D eigenvalue weighted by atomic mass is 10.1. The molecule has 0 bridgehead atoms. The Bertz CT molecular complexity index is 532. The molecule has 1 unspecified atom stereocenters. The van der Waals surface area contributed by atoms with E-state index in [4.69, 9.17) is 11.6 Å².